The quantitative estimate of drug-likeness (QED) is 0.339. The van der Waals surface area contributed by atoms with E-state index < -0.39 is 13.8 Å². The number of aldehydes is 1. The first kappa shape index (κ1) is 20.9. The predicted octanol–water partition coefficient (Wildman–Crippen LogP) is 1.39. The molecule has 0 aliphatic carbocycles. The highest BCUT2D eigenvalue weighted by Crippen LogP contribution is 2.28. The Hall–Kier alpha value is -2.79. The molecule has 2 aromatic rings. The monoisotopic (exact) mass is 420 g/mol. The minimum atomic E-state index is -1.25. The van der Waals surface area contributed by atoms with E-state index in [4.69, 9.17) is 13.9 Å². The fraction of sp³-hybridized carbons (Fsp3) is 0.500. The number of hydrogen-bond acceptors (Lipinski definition) is 8. The van der Waals surface area contributed by atoms with E-state index in [1.165, 1.54) is 21.9 Å². The maximum atomic E-state index is 12.3. The van der Waals surface area contributed by atoms with E-state index in [1.807, 2.05) is 0 Å². The maximum absolute atomic E-state index is 12.3. The lowest BCUT2D eigenvalue weighted by molar-refractivity contribution is -0.122. The molecule has 3 rings (SSSR count). The van der Waals surface area contributed by atoms with E-state index in [2.05, 4.69) is 29.6 Å². The lowest BCUT2D eigenvalue weighted by Crippen LogP contribution is -2.41. The van der Waals surface area contributed by atoms with Gasteiger partial charge in [0.2, 0.25) is 5.82 Å². The van der Waals surface area contributed by atoms with Crippen molar-refractivity contribution < 1.29 is 23.5 Å². The molecule has 0 unspecified atom stereocenters. The fourth-order valence-corrected chi connectivity index (χ4v) is 3.36. The number of anilines is 1. The van der Waals surface area contributed by atoms with Crippen LogP contribution in [-0.2, 0) is 20.7 Å². The minimum Gasteiger partial charge on any atom is -0.465 e. The first-order valence-corrected chi connectivity index (χ1v) is 13.0. The van der Waals surface area contributed by atoms with Gasteiger partial charge in [-0.25, -0.2) is 19.3 Å². The molecule has 1 aliphatic rings. The number of aromatic nitrogens is 3. The summed E-state index contributed by atoms with van der Waals surface area (Å²) in [7, 11) is -1.25. The molecule has 10 nitrogen and oxygen atoms in total. The van der Waals surface area contributed by atoms with Crippen molar-refractivity contribution in [1.29, 1.82) is 0 Å². The average molecular weight is 420 g/mol. The number of aryl methyl sites for hydroxylation is 1. The number of carbonyl (C=O) groups is 2. The van der Waals surface area contributed by atoms with Crippen molar-refractivity contribution in [1.82, 2.24) is 14.5 Å². The predicted molar refractivity (Wildman–Crippen MR) is 106 cm³/mol. The van der Waals surface area contributed by atoms with E-state index in [1.54, 1.807) is 0 Å². The number of nitrogens with zero attached hydrogens (tertiary/aromatic N) is 4. The Morgan fingerprint density at radius 1 is 1.31 bits per heavy atom. The highest BCUT2D eigenvalue weighted by molar-refractivity contribution is 6.76. The van der Waals surface area contributed by atoms with Gasteiger partial charge in [0.1, 0.15) is 18.8 Å². The molecule has 3 heterocycles. The van der Waals surface area contributed by atoms with Crippen LogP contribution >= 0.6 is 0 Å². The highest BCUT2D eigenvalue weighted by atomic mass is 28.3. The van der Waals surface area contributed by atoms with Crippen LogP contribution in [0.25, 0.3) is 5.82 Å². The zero-order valence-electron chi connectivity index (χ0n) is 16.7. The molecule has 0 bridgehead atoms. The average Bonchev–Trinajstić information content (AvgIpc) is 3.04. The van der Waals surface area contributed by atoms with Crippen molar-refractivity contribution in [3.8, 4) is 11.7 Å². The van der Waals surface area contributed by atoms with Gasteiger partial charge in [0.25, 0.3) is 11.8 Å². The standard InChI is InChI=1S/C18H24N4O6Si/c1-29(2,3)8-7-26-12-22-15(24)11-27-17-16(22)20-14(9-19-17)21-10-13(5-4-6-23)28-18(21)25/h6,9-10H,4-5,7-8,11-12H2,1-3H3. The van der Waals surface area contributed by atoms with Crippen LogP contribution in [0.3, 0.4) is 0 Å². The van der Waals surface area contributed by atoms with Gasteiger partial charge in [0, 0.05) is 27.5 Å². The summed E-state index contributed by atoms with van der Waals surface area (Å²) >= 11 is 0. The number of oxazole rings is 1. The van der Waals surface area contributed by atoms with Crippen molar-refractivity contribution >= 4 is 26.1 Å². The van der Waals surface area contributed by atoms with Crippen molar-refractivity contribution in [2.45, 2.75) is 38.5 Å². The highest BCUT2D eigenvalue weighted by Gasteiger charge is 2.29. The first-order chi connectivity index (χ1) is 13.8. The van der Waals surface area contributed by atoms with E-state index in [0.717, 1.165) is 12.3 Å². The third-order valence-corrected chi connectivity index (χ3v) is 5.96. The van der Waals surface area contributed by atoms with Gasteiger partial charge in [-0.1, -0.05) is 19.6 Å². The van der Waals surface area contributed by atoms with E-state index >= 15 is 0 Å². The Balaban J connectivity index is 1.81. The van der Waals surface area contributed by atoms with Crippen LogP contribution in [0.5, 0.6) is 5.88 Å². The van der Waals surface area contributed by atoms with Gasteiger partial charge in [-0.2, -0.15) is 0 Å². The second-order valence-corrected chi connectivity index (χ2v) is 13.5. The van der Waals surface area contributed by atoms with Gasteiger partial charge in [-0.3, -0.25) is 9.69 Å². The van der Waals surface area contributed by atoms with Crippen LogP contribution in [0.1, 0.15) is 12.2 Å². The number of amides is 1. The first-order valence-electron chi connectivity index (χ1n) is 9.32. The van der Waals surface area contributed by atoms with Crippen LogP contribution < -0.4 is 15.4 Å². The van der Waals surface area contributed by atoms with Crippen LogP contribution in [0.4, 0.5) is 5.82 Å². The number of hydrogen-bond donors (Lipinski definition) is 0. The maximum Gasteiger partial charge on any atom is 0.425 e. The smallest absolute Gasteiger partial charge is 0.425 e. The summed E-state index contributed by atoms with van der Waals surface area (Å²) in [5, 5.41) is 0. The Kier molecular flexibility index (Phi) is 6.28. The molecule has 0 N–H and O–H groups in total. The Morgan fingerprint density at radius 2 is 2.10 bits per heavy atom. The molecule has 0 aromatic carbocycles. The molecule has 0 saturated carbocycles. The summed E-state index contributed by atoms with van der Waals surface area (Å²) in [5.74, 6) is -0.0285. The van der Waals surface area contributed by atoms with Gasteiger partial charge in [0.05, 0.1) is 12.4 Å². The molecule has 1 aliphatic heterocycles. The van der Waals surface area contributed by atoms with Crippen molar-refractivity contribution in [2.75, 3.05) is 24.8 Å². The summed E-state index contributed by atoms with van der Waals surface area (Å²) in [4.78, 5) is 44.9. The molecular formula is C18H24N4O6Si. The topological polar surface area (TPSA) is 117 Å². The third-order valence-electron chi connectivity index (χ3n) is 4.26. The van der Waals surface area contributed by atoms with Gasteiger partial charge >= 0.3 is 5.76 Å². The molecule has 1 amide bonds. The van der Waals surface area contributed by atoms with Crippen molar-refractivity contribution in [3.05, 3.63) is 28.7 Å². The summed E-state index contributed by atoms with van der Waals surface area (Å²) in [5.41, 5.74) is 0. The molecular weight excluding hydrogens is 396 g/mol. The van der Waals surface area contributed by atoms with E-state index in [0.29, 0.717) is 18.8 Å². The largest absolute Gasteiger partial charge is 0.465 e. The molecule has 0 saturated heterocycles. The third kappa shape index (κ3) is 5.18. The number of carbonyl (C=O) groups excluding carboxylic acids is 2. The van der Waals surface area contributed by atoms with Crippen molar-refractivity contribution in [2.24, 2.45) is 0 Å². The fourth-order valence-electron chi connectivity index (χ4n) is 2.61. The van der Waals surface area contributed by atoms with Crippen molar-refractivity contribution in [3.63, 3.8) is 0 Å². The van der Waals surface area contributed by atoms with Crippen LogP contribution in [0, 0.1) is 0 Å². The number of rotatable bonds is 9. The lowest BCUT2D eigenvalue weighted by Gasteiger charge is -2.27. The second kappa shape index (κ2) is 8.70. The van der Waals surface area contributed by atoms with E-state index in [-0.39, 0.29) is 43.2 Å². The molecule has 0 spiro atoms. The molecule has 2 aromatic heterocycles. The lowest BCUT2D eigenvalue weighted by atomic mass is 10.3. The summed E-state index contributed by atoms with van der Waals surface area (Å²) < 4.78 is 17.3. The van der Waals surface area contributed by atoms with Gasteiger partial charge in [-0.05, 0) is 6.04 Å². The molecule has 11 heteroatoms. The van der Waals surface area contributed by atoms with Crippen LogP contribution in [-0.4, -0.2) is 54.7 Å². The van der Waals surface area contributed by atoms with Gasteiger partial charge in [-0.15, -0.1) is 0 Å². The zero-order chi connectivity index (χ0) is 21.0. The summed E-state index contributed by atoms with van der Waals surface area (Å²) in [6.07, 6.45) is 4.12. The van der Waals surface area contributed by atoms with Gasteiger partial charge in [0.15, 0.2) is 12.4 Å². The van der Waals surface area contributed by atoms with E-state index in [9.17, 15) is 14.4 Å². The zero-order valence-corrected chi connectivity index (χ0v) is 17.7. The Bertz CT molecular complexity index is 949. The molecule has 0 atom stereocenters. The second-order valence-electron chi connectivity index (χ2n) is 7.85. The normalized spacial score (nSPS) is 13.9. The van der Waals surface area contributed by atoms with Gasteiger partial charge < -0.3 is 18.7 Å². The van der Waals surface area contributed by atoms with Crippen LogP contribution in [0.15, 0.2) is 21.6 Å². The molecule has 29 heavy (non-hydrogen) atoms. The Labute approximate surface area is 168 Å². The SMILES string of the molecule is C[Si](C)(C)CCOCN1C(=O)COc2ncc(-n3cc(CCC=O)oc3=O)nc21. The van der Waals surface area contributed by atoms with Crippen LogP contribution in [0.2, 0.25) is 25.7 Å². The number of fused-ring (bicyclic) bond motifs is 1. The summed E-state index contributed by atoms with van der Waals surface area (Å²) in [6.45, 7) is 7.16. The number of ether oxygens (including phenoxy) is 2. The molecule has 0 fully saturated rings. The summed E-state index contributed by atoms with van der Waals surface area (Å²) in [6, 6.07) is 0.970. The molecule has 156 valence electrons. The Morgan fingerprint density at radius 3 is 2.83 bits per heavy atom. The molecule has 0 radical (unpaired) electrons. The minimum absolute atomic E-state index is 0.0304.